The molecule has 3 atom stereocenters. The van der Waals surface area contributed by atoms with E-state index in [0.717, 1.165) is 22.4 Å². The van der Waals surface area contributed by atoms with Crippen LogP contribution >= 0.6 is 0 Å². The molecule has 1 unspecified atom stereocenters. The van der Waals surface area contributed by atoms with Gasteiger partial charge in [-0.25, -0.2) is 4.79 Å². The van der Waals surface area contributed by atoms with Gasteiger partial charge >= 0.3 is 6.09 Å². The van der Waals surface area contributed by atoms with Gasteiger partial charge in [-0.05, 0) is 41.7 Å². The molecule has 4 N–H and O–H groups in total. The summed E-state index contributed by atoms with van der Waals surface area (Å²) in [6.07, 6.45) is -1.16. The molecule has 0 spiro atoms. The summed E-state index contributed by atoms with van der Waals surface area (Å²) in [5.74, 6) is 0.763. The summed E-state index contributed by atoms with van der Waals surface area (Å²) in [5.41, 5.74) is 3.03. The molecule has 1 amide bonds. The standard InChI is InChI=1S/C26H30N2O4/c1-32-22-14-8-13-21(15-22)18-27-23(16-19-9-4-2-5-10-19)25(29)24(28-26(30)31)17-20-11-6-3-7-12-20/h2-15,23-25,27-29H,16-18H2,1H3,(H,30,31)/t23?,24-,25-/m0/s1. The molecule has 0 heterocycles. The lowest BCUT2D eigenvalue weighted by Crippen LogP contribution is -2.54. The van der Waals surface area contributed by atoms with Crippen molar-refractivity contribution >= 4 is 6.09 Å². The fraction of sp³-hybridized carbons (Fsp3) is 0.269. The van der Waals surface area contributed by atoms with Crippen molar-refractivity contribution in [1.82, 2.24) is 10.6 Å². The number of methoxy groups -OCH3 is 1. The minimum Gasteiger partial charge on any atom is -0.497 e. The van der Waals surface area contributed by atoms with Crippen molar-refractivity contribution < 1.29 is 19.7 Å². The van der Waals surface area contributed by atoms with Gasteiger partial charge in [-0.3, -0.25) is 0 Å². The molecule has 3 aromatic carbocycles. The van der Waals surface area contributed by atoms with Gasteiger partial charge in [0.1, 0.15) is 5.75 Å². The topological polar surface area (TPSA) is 90.8 Å². The van der Waals surface area contributed by atoms with Gasteiger partial charge in [-0.2, -0.15) is 0 Å². The largest absolute Gasteiger partial charge is 0.497 e. The van der Waals surface area contributed by atoms with Crippen LogP contribution in [0.25, 0.3) is 0 Å². The van der Waals surface area contributed by atoms with E-state index >= 15 is 0 Å². The number of rotatable bonds is 11. The van der Waals surface area contributed by atoms with Gasteiger partial charge in [0, 0.05) is 12.6 Å². The highest BCUT2D eigenvalue weighted by Gasteiger charge is 2.29. The number of carboxylic acid groups (broad SMARTS) is 1. The Morgan fingerprint density at radius 3 is 1.97 bits per heavy atom. The van der Waals surface area contributed by atoms with E-state index in [1.54, 1.807) is 7.11 Å². The van der Waals surface area contributed by atoms with Gasteiger partial charge in [-0.1, -0.05) is 72.8 Å². The number of carbonyl (C=O) groups is 1. The lowest BCUT2D eigenvalue weighted by atomic mass is 9.92. The summed E-state index contributed by atoms with van der Waals surface area (Å²) in [6.45, 7) is 0.511. The van der Waals surface area contributed by atoms with Crippen molar-refractivity contribution in [3.8, 4) is 5.75 Å². The molecule has 0 aromatic heterocycles. The van der Waals surface area contributed by atoms with E-state index in [2.05, 4.69) is 10.6 Å². The Hall–Kier alpha value is -3.35. The lowest BCUT2D eigenvalue weighted by molar-refractivity contribution is 0.0829. The van der Waals surface area contributed by atoms with Gasteiger partial charge in [0.05, 0.1) is 19.3 Å². The number of ether oxygens (including phenoxy) is 1. The summed E-state index contributed by atoms with van der Waals surface area (Å²) in [6, 6.07) is 26.1. The van der Waals surface area contributed by atoms with Crippen LogP contribution in [0.1, 0.15) is 16.7 Å². The van der Waals surface area contributed by atoms with Crippen LogP contribution in [0.5, 0.6) is 5.75 Å². The Bertz CT molecular complexity index is 966. The molecule has 0 aliphatic heterocycles. The van der Waals surface area contributed by atoms with Crippen molar-refractivity contribution in [1.29, 1.82) is 0 Å². The molecular formula is C26H30N2O4. The quantitative estimate of drug-likeness (QED) is 0.370. The monoisotopic (exact) mass is 434 g/mol. The first-order valence-corrected chi connectivity index (χ1v) is 10.7. The van der Waals surface area contributed by atoms with E-state index in [9.17, 15) is 15.0 Å². The van der Waals surface area contributed by atoms with Crippen LogP contribution in [0.2, 0.25) is 0 Å². The fourth-order valence-electron chi connectivity index (χ4n) is 3.78. The van der Waals surface area contributed by atoms with Crippen molar-refractivity contribution in [3.63, 3.8) is 0 Å². The van der Waals surface area contributed by atoms with E-state index in [-0.39, 0.29) is 6.04 Å². The molecular weight excluding hydrogens is 404 g/mol. The Morgan fingerprint density at radius 1 is 0.844 bits per heavy atom. The molecule has 32 heavy (non-hydrogen) atoms. The molecule has 168 valence electrons. The molecule has 6 heteroatoms. The molecule has 0 fully saturated rings. The van der Waals surface area contributed by atoms with Crippen LogP contribution in [-0.2, 0) is 19.4 Å². The SMILES string of the molecule is COc1cccc(CNC(Cc2ccccc2)[C@H](O)[C@H](Cc2ccccc2)NC(=O)O)c1. The molecule has 6 nitrogen and oxygen atoms in total. The lowest BCUT2D eigenvalue weighted by Gasteiger charge is -2.31. The Kier molecular flexibility index (Phi) is 8.66. The fourth-order valence-corrected chi connectivity index (χ4v) is 3.78. The highest BCUT2D eigenvalue weighted by atomic mass is 16.5. The van der Waals surface area contributed by atoms with Gasteiger partial charge < -0.3 is 25.6 Å². The summed E-state index contributed by atoms with van der Waals surface area (Å²) in [4.78, 5) is 11.5. The third-order valence-corrected chi connectivity index (χ3v) is 5.43. The van der Waals surface area contributed by atoms with Crippen LogP contribution in [-0.4, -0.2) is 41.6 Å². The zero-order valence-corrected chi connectivity index (χ0v) is 18.1. The second kappa shape index (κ2) is 11.9. The number of hydrogen-bond donors (Lipinski definition) is 4. The third kappa shape index (κ3) is 7.11. The summed E-state index contributed by atoms with van der Waals surface area (Å²) < 4.78 is 5.30. The molecule has 0 saturated heterocycles. The minimum atomic E-state index is -1.16. The van der Waals surface area contributed by atoms with Gasteiger partial charge in [-0.15, -0.1) is 0 Å². The molecule has 3 aromatic rings. The molecule has 0 aliphatic carbocycles. The maximum atomic E-state index is 11.5. The highest BCUT2D eigenvalue weighted by Crippen LogP contribution is 2.16. The molecule has 0 radical (unpaired) electrons. The first-order valence-electron chi connectivity index (χ1n) is 10.7. The summed E-state index contributed by atoms with van der Waals surface area (Å²) in [5, 5.41) is 26.7. The average Bonchev–Trinajstić information content (AvgIpc) is 2.82. The molecule has 3 rings (SSSR count). The van der Waals surface area contributed by atoms with Gasteiger partial charge in [0.15, 0.2) is 0 Å². The Labute approximate surface area is 188 Å². The van der Waals surface area contributed by atoms with Crippen molar-refractivity contribution in [2.45, 2.75) is 37.6 Å². The third-order valence-electron chi connectivity index (χ3n) is 5.43. The number of benzene rings is 3. The Balaban J connectivity index is 1.80. The first-order chi connectivity index (χ1) is 15.5. The van der Waals surface area contributed by atoms with E-state index in [4.69, 9.17) is 4.74 Å². The molecule has 0 saturated carbocycles. The zero-order chi connectivity index (χ0) is 22.8. The average molecular weight is 435 g/mol. The molecule has 0 aliphatic rings. The van der Waals surface area contributed by atoms with Crippen LogP contribution in [0.15, 0.2) is 84.9 Å². The van der Waals surface area contributed by atoms with Crippen LogP contribution in [0.3, 0.4) is 0 Å². The van der Waals surface area contributed by atoms with Crippen molar-refractivity contribution in [2.24, 2.45) is 0 Å². The van der Waals surface area contributed by atoms with Crippen LogP contribution in [0.4, 0.5) is 4.79 Å². The zero-order valence-electron chi connectivity index (χ0n) is 18.1. The van der Waals surface area contributed by atoms with E-state index in [1.807, 2.05) is 84.9 Å². The number of nitrogens with one attached hydrogen (secondary N) is 2. The normalized spacial score (nSPS) is 13.7. The maximum absolute atomic E-state index is 11.5. The van der Waals surface area contributed by atoms with Crippen LogP contribution in [0, 0.1) is 0 Å². The van der Waals surface area contributed by atoms with Crippen molar-refractivity contribution in [3.05, 3.63) is 102 Å². The smallest absolute Gasteiger partial charge is 0.404 e. The van der Waals surface area contributed by atoms with E-state index < -0.39 is 18.2 Å². The Morgan fingerprint density at radius 2 is 1.41 bits per heavy atom. The van der Waals surface area contributed by atoms with Gasteiger partial charge in [0.2, 0.25) is 0 Å². The molecule has 0 bridgehead atoms. The number of amides is 1. The summed E-state index contributed by atoms with van der Waals surface area (Å²) in [7, 11) is 1.63. The number of aliphatic hydroxyl groups excluding tert-OH is 1. The second-order valence-corrected chi connectivity index (χ2v) is 7.76. The highest BCUT2D eigenvalue weighted by molar-refractivity contribution is 5.65. The second-order valence-electron chi connectivity index (χ2n) is 7.76. The van der Waals surface area contributed by atoms with Crippen LogP contribution < -0.4 is 15.4 Å². The summed E-state index contributed by atoms with van der Waals surface area (Å²) >= 11 is 0. The van der Waals surface area contributed by atoms with E-state index in [1.165, 1.54) is 0 Å². The van der Waals surface area contributed by atoms with E-state index in [0.29, 0.717) is 19.4 Å². The predicted molar refractivity (Wildman–Crippen MR) is 125 cm³/mol. The predicted octanol–water partition coefficient (Wildman–Crippen LogP) is 3.64. The maximum Gasteiger partial charge on any atom is 0.404 e. The first kappa shape index (κ1) is 23.3. The van der Waals surface area contributed by atoms with Crippen molar-refractivity contribution in [2.75, 3.05) is 7.11 Å². The number of hydrogen-bond acceptors (Lipinski definition) is 4. The minimum absolute atomic E-state index is 0.371. The number of aliphatic hydroxyl groups is 1. The van der Waals surface area contributed by atoms with Gasteiger partial charge in [0.25, 0.3) is 0 Å².